The molecular weight excluding hydrogens is 740 g/mol. The highest BCUT2D eigenvalue weighted by Crippen LogP contribution is 2.37. The molecule has 2 amide bonds. The van der Waals surface area contributed by atoms with Gasteiger partial charge in [-0.25, -0.2) is 10.2 Å². The van der Waals surface area contributed by atoms with Crippen molar-refractivity contribution in [3.63, 3.8) is 0 Å². The maximum Gasteiger partial charge on any atom is 0.343 e. The smallest absolute Gasteiger partial charge is 0.343 e. The van der Waals surface area contributed by atoms with Gasteiger partial charge in [-0.1, -0.05) is 49.5 Å². The lowest BCUT2D eigenvalue weighted by molar-refractivity contribution is -0.384. The summed E-state index contributed by atoms with van der Waals surface area (Å²) in [6, 6.07) is 21.6. The molecule has 5 aromatic rings. The van der Waals surface area contributed by atoms with E-state index in [9.17, 15) is 24.5 Å². The van der Waals surface area contributed by atoms with Crippen LogP contribution in [0.5, 0.6) is 5.75 Å². The van der Waals surface area contributed by atoms with Crippen LogP contribution in [0.1, 0.15) is 36.0 Å². The minimum Gasteiger partial charge on any atom is -0.422 e. The van der Waals surface area contributed by atoms with Gasteiger partial charge < -0.3 is 10.1 Å². The summed E-state index contributed by atoms with van der Waals surface area (Å²) in [5.41, 5.74) is 3.51. The number of hydrogen-bond acceptors (Lipinski definition) is 8. The Balaban J connectivity index is 1.21. The number of anilines is 1. The summed E-state index contributed by atoms with van der Waals surface area (Å²) in [6.45, 7) is 0. The molecule has 0 atom stereocenters. The summed E-state index contributed by atoms with van der Waals surface area (Å²) in [4.78, 5) is 48.8. The summed E-state index contributed by atoms with van der Waals surface area (Å²) in [5, 5.41) is 18.8. The molecule has 1 heterocycles. The number of benzene rings is 4. The molecule has 0 spiro atoms. The highest BCUT2D eigenvalue weighted by atomic mass is 79.9. The first-order chi connectivity index (χ1) is 21.1. The van der Waals surface area contributed by atoms with Crippen molar-refractivity contribution in [2.45, 2.75) is 0 Å². The fourth-order valence-corrected chi connectivity index (χ4v) is 6.24. The molecule has 10 nitrogen and oxygen atoms in total. The number of nitrogens with one attached hydrogen (secondary N) is 2. The lowest BCUT2D eigenvalue weighted by Crippen LogP contribution is -2.18. The van der Waals surface area contributed by atoms with Crippen molar-refractivity contribution < 1.29 is 24.0 Å². The fraction of sp³-hybridized carbons (Fsp3) is 0. The standard InChI is InChI=1S/C30H17Br2ClN4O6S/c31-19-6-12-24(43-30(40)17-3-9-22(10-4-17)37(41)42)18(13-19)15-34-36-28(38)16-1-7-21(8-2-16)35-29(39)27-26(33)23-11-5-20(32)14-25(23)44-27/h1-15H,(H,35,39)(H,36,38)/b34-15-. The summed E-state index contributed by atoms with van der Waals surface area (Å²) in [6.07, 6.45) is 1.31. The average Bonchev–Trinajstić information content (AvgIpc) is 3.33. The van der Waals surface area contributed by atoms with Crippen molar-refractivity contribution in [1.29, 1.82) is 0 Å². The number of esters is 1. The Morgan fingerprint density at radius 2 is 1.55 bits per heavy atom. The van der Waals surface area contributed by atoms with Crippen molar-refractivity contribution in [3.05, 3.63) is 131 Å². The van der Waals surface area contributed by atoms with Gasteiger partial charge in [-0.2, -0.15) is 5.10 Å². The molecular formula is C30H17Br2ClN4O6S. The van der Waals surface area contributed by atoms with Gasteiger partial charge in [0, 0.05) is 48.0 Å². The molecule has 0 fully saturated rings. The van der Waals surface area contributed by atoms with E-state index in [4.69, 9.17) is 16.3 Å². The number of hydrazone groups is 1. The van der Waals surface area contributed by atoms with Crippen molar-refractivity contribution in [1.82, 2.24) is 5.43 Å². The maximum absolute atomic E-state index is 12.9. The van der Waals surface area contributed by atoms with E-state index in [-0.39, 0.29) is 28.5 Å². The maximum atomic E-state index is 12.9. The summed E-state index contributed by atoms with van der Waals surface area (Å²) < 4.78 is 7.88. The van der Waals surface area contributed by atoms with E-state index in [0.717, 1.165) is 14.6 Å². The molecule has 0 saturated heterocycles. The summed E-state index contributed by atoms with van der Waals surface area (Å²) in [5.74, 6) is -1.46. The van der Waals surface area contributed by atoms with Gasteiger partial charge in [-0.15, -0.1) is 11.3 Å². The van der Waals surface area contributed by atoms with Crippen LogP contribution < -0.4 is 15.5 Å². The molecule has 14 heteroatoms. The molecule has 1 aromatic heterocycles. The quantitative estimate of drug-likeness (QED) is 0.0538. The van der Waals surface area contributed by atoms with Crippen LogP contribution in [0.2, 0.25) is 5.02 Å². The Kier molecular flexibility index (Phi) is 9.49. The number of carbonyl (C=O) groups is 3. The molecule has 5 rings (SSSR count). The van der Waals surface area contributed by atoms with Crippen LogP contribution in [0, 0.1) is 10.1 Å². The number of ether oxygens (including phenoxy) is 1. The number of amides is 2. The first kappa shape index (κ1) is 31.0. The molecule has 4 aromatic carbocycles. The van der Waals surface area contributed by atoms with Gasteiger partial charge >= 0.3 is 5.97 Å². The van der Waals surface area contributed by atoms with Gasteiger partial charge in [0.05, 0.1) is 21.7 Å². The molecule has 0 aliphatic rings. The largest absolute Gasteiger partial charge is 0.422 e. The van der Waals surface area contributed by atoms with E-state index >= 15 is 0 Å². The Morgan fingerprint density at radius 3 is 2.25 bits per heavy atom. The normalized spacial score (nSPS) is 11.0. The minimum atomic E-state index is -0.726. The van der Waals surface area contributed by atoms with Crippen LogP contribution in [0.3, 0.4) is 0 Å². The first-order valence-electron chi connectivity index (χ1n) is 12.5. The zero-order valence-electron chi connectivity index (χ0n) is 22.0. The van der Waals surface area contributed by atoms with Crippen LogP contribution in [-0.4, -0.2) is 28.9 Å². The number of nitro groups is 1. The van der Waals surface area contributed by atoms with Gasteiger partial charge in [0.1, 0.15) is 10.6 Å². The molecule has 44 heavy (non-hydrogen) atoms. The van der Waals surface area contributed by atoms with Gasteiger partial charge in [-0.3, -0.25) is 19.7 Å². The van der Waals surface area contributed by atoms with Crippen LogP contribution in [0.15, 0.2) is 99.0 Å². The number of fused-ring (bicyclic) bond motifs is 1. The van der Waals surface area contributed by atoms with Crippen molar-refractivity contribution in [3.8, 4) is 5.75 Å². The number of non-ortho nitro benzene ring substituents is 1. The predicted octanol–water partition coefficient (Wildman–Crippen LogP) is 8.22. The first-order valence-corrected chi connectivity index (χ1v) is 15.3. The Morgan fingerprint density at radius 1 is 0.886 bits per heavy atom. The number of nitrogens with zero attached hydrogens (tertiary/aromatic N) is 2. The molecule has 220 valence electrons. The van der Waals surface area contributed by atoms with Gasteiger partial charge in [0.15, 0.2) is 0 Å². The monoisotopic (exact) mass is 754 g/mol. The second-order valence-electron chi connectivity index (χ2n) is 8.99. The molecule has 0 aliphatic carbocycles. The summed E-state index contributed by atoms with van der Waals surface area (Å²) >= 11 is 14.5. The Labute approximate surface area is 275 Å². The van der Waals surface area contributed by atoms with Crippen molar-refractivity contribution >= 4 is 100 Å². The molecule has 0 saturated carbocycles. The van der Waals surface area contributed by atoms with Crippen LogP contribution in [0.4, 0.5) is 11.4 Å². The minimum absolute atomic E-state index is 0.120. The predicted molar refractivity (Wildman–Crippen MR) is 176 cm³/mol. The van der Waals surface area contributed by atoms with E-state index in [1.54, 1.807) is 24.3 Å². The van der Waals surface area contributed by atoms with E-state index in [0.29, 0.717) is 25.6 Å². The van der Waals surface area contributed by atoms with E-state index in [2.05, 4.69) is 47.7 Å². The number of rotatable bonds is 8. The van der Waals surface area contributed by atoms with E-state index in [1.165, 1.54) is 60.0 Å². The van der Waals surface area contributed by atoms with Crippen LogP contribution in [0.25, 0.3) is 10.1 Å². The third kappa shape index (κ3) is 7.19. The average molecular weight is 757 g/mol. The van der Waals surface area contributed by atoms with Crippen LogP contribution >= 0.6 is 54.8 Å². The highest BCUT2D eigenvalue weighted by molar-refractivity contribution is 9.10. The number of halogens is 3. The Bertz CT molecular complexity index is 1960. The zero-order valence-corrected chi connectivity index (χ0v) is 26.8. The van der Waals surface area contributed by atoms with E-state index < -0.39 is 16.8 Å². The molecule has 0 aliphatic heterocycles. The van der Waals surface area contributed by atoms with Gasteiger partial charge in [-0.05, 0) is 66.7 Å². The zero-order chi connectivity index (χ0) is 31.4. The Hall–Kier alpha value is -4.43. The van der Waals surface area contributed by atoms with Gasteiger partial charge in [0.2, 0.25) is 0 Å². The number of thiophene rings is 1. The van der Waals surface area contributed by atoms with Crippen molar-refractivity contribution in [2.75, 3.05) is 5.32 Å². The molecule has 0 radical (unpaired) electrons. The van der Waals surface area contributed by atoms with Crippen molar-refractivity contribution in [2.24, 2.45) is 5.10 Å². The number of carbonyl (C=O) groups excluding carboxylic acids is 3. The lowest BCUT2D eigenvalue weighted by atomic mass is 10.2. The second-order valence-corrected chi connectivity index (χ2v) is 12.3. The topological polar surface area (TPSA) is 140 Å². The number of nitro benzene ring substituents is 1. The second kappa shape index (κ2) is 13.5. The number of hydrogen-bond donors (Lipinski definition) is 2. The lowest BCUT2D eigenvalue weighted by Gasteiger charge is -2.08. The third-order valence-corrected chi connectivity index (χ3v) is 8.70. The fourth-order valence-electron chi connectivity index (χ4n) is 3.89. The summed E-state index contributed by atoms with van der Waals surface area (Å²) in [7, 11) is 0. The third-order valence-electron chi connectivity index (χ3n) is 6.06. The molecule has 2 N–H and O–H groups in total. The molecule has 0 unspecified atom stereocenters. The SMILES string of the molecule is O=C(N/N=C\c1cc(Br)ccc1OC(=O)c1ccc([N+](=O)[O-])cc1)c1ccc(NC(=O)c2sc3cc(Br)ccc3c2Cl)cc1. The van der Waals surface area contributed by atoms with Crippen LogP contribution in [-0.2, 0) is 0 Å². The van der Waals surface area contributed by atoms with E-state index in [1.807, 2.05) is 18.2 Å². The van der Waals surface area contributed by atoms with Gasteiger partial charge in [0.25, 0.3) is 17.5 Å². The highest BCUT2D eigenvalue weighted by Gasteiger charge is 2.18. The molecule has 0 bridgehead atoms.